The highest BCUT2D eigenvalue weighted by Crippen LogP contribution is 2.42. The Balaban J connectivity index is 1.68. The zero-order valence-corrected chi connectivity index (χ0v) is 25.0. The molecule has 1 aliphatic heterocycles. The first-order valence-electron chi connectivity index (χ1n) is 13.7. The van der Waals surface area contributed by atoms with Gasteiger partial charge in [0.25, 0.3) is 10.0 Å². The third-order valence-corrected chi connectivity index (χ3v) is 9.26. The van der Waals surface area contributed by atoms with Crippen molar-refractivity contribution < 1.29 is 32.2 Å². The third-order valence-electron chi connectivity index (χ3n) is 7.49. The molecule has 0 saturated carbocycles. The van der Waals surface area contributed by atoms with Crippen molar-refractivity contribution in [3.05, 3.63) is 72.3 Å². The van der Waals surface area contributed by atoms with E-state index in [-0.39, 0.29) is 16.7 Å². The number of sulfonamides is 1. The van der Waals surface area contributed by atoms with Crippen LogP contribution in [0.3, 0.4) is 0 Å². The summed E-state index contributed by atoms with van der Waals surface area (Å²) in [6.45, 7) is 6.04. The number of fused-ring (bicyclic) bond motifs is 1. The second-order valence-corrected chi connectivity index (χ2v) is 11.7. The van der Waals surface area contributed by atoms with Crippen molar-refractivity contribution in [2.45, 2.75) is 56.6 Å². The van der Waals surface area contributed by atoms with Crippen LogP contribution in [0.4, 0.5) is 5.69 Å². The minimum absolute atomic E-state index is 0.0378. The maximum atomic E-state index is 14.0. The van der Waals surface area contributed by atoms with E-state index in [2.05, 4.69) is 19.2 Å². The molecule has 10 heteroatoms. The molecule has 1 aliphatic rings. The Kier molecular flexibility index (Phi) is 9.32. The van der Waals surface area contributed by atoms with Gasteiger partial charge in [-0.3, -0.25) is 9.10 Å². The van der Waals surface area contributed by atoms with E-state index < -0.39 is 28.1 Å². The van der Waals surface area contributed by atoms with Gasteiger partial charge >= 0.3 is 0 Å². The van der Waals surface area contributed by atoms with Crippen LogP contribution in [0.5, 0.6) is 23.0 Å². The van der Waals surface area contributed by atoms with Crippen LogP contribution in [0.1, 0.15) is 51.6 Å². The van der Waals surface area contributed by atoms with Gasteiger partial charge in [0.15, 0.2) is 11.5 Å². The van der Waals surface area contributed by atoms with E-state index in [1.807, 2.05) is 31.2 Å². The normalized spacial score (nSPS) is 15.7. The highest BCUT2D eigenvalue weighted by atomic mass is 32.2. The van der Waals surface area contributed by atoms with Crippen LogP contribution in [0.15, 0.2) is 71.6 Å². The average Bonchev–Trinajstić information content (AvgIpc) is 2.99. The minimum Gasteiger partial charge on any atom is -0.494 e. The Morgan fingerprint density at radius 1 is 0.976 bits per heavy atom. The number of rotatable bonds is 12. The molecule has 220 valence electrons. The van der Waals surface area contributed by atoms with Gasteiger partial charge in [0.1, 0.15) is 23.6 Å². The van der Waals surface area contributed by atoms with Crippen LogP contribution < -0.4 is 28.6 Å². The lowest BCUT2D eigenvalue weighted by molar-refractivity contribution is -0.121. The molecule has 0 saturated heterocycles. The van der Waals surface area contributed by atoms with Crippen LogP contribution >= 0.6 is 0 Å². The van der Waals surface area contributed by atoms with Crippen molar-refractivity contribution in [3.8, 4) is 23.0 Å². The summed E-state index contributed by atoms with van der Waals surface area (Å²) >= 11 is 0. The number of ether oxygens (including phenoxy) is 4. The molecular formula is C31H38N2O7S. The van der Waals surface area contributed by atoms with Crippen molar-refractivity contribution in [1.29, 1.82) is 0 Å². The lowest BCUT2D eigenvalue weighted by Crippen LogP contribution is -2.47. The molecule has 0 aliphatic carbocycles. The number of hydrogen-bond acceptors (Lipinski definition) is 7. The van der Waals surface area contributed by atoms with Crippen molar-refractivity contribution in [3.63, 3.8) is 0 Å². The first-order valence-corrected chi connectivity index (χ1v) is 15.2. The van der Waals surface area contributed by atoms with Gasteiger partial charge in [0, 0.05) is 18.1 Å². The monoisotopic (exact) mass is 582 g/mol. The van der Waals surface area contributed by atoms with Crippen molar-refractivity contribution in [2.24, 2.45) is 0 Å². The summed E-state index contributed by atoms with van der Waals surface area (Å²) in [5.41, 5.74) is 0.767. The maximum Gasteiger partial charge on any atom is 0.264 e. The van der Waals surface area contributed by atoms with Gasteiger partial charge in [-0.15, -0.1) is 0 Å². The van der Waals surface area contributed by atoms with Crippen LogP contribution in [-0.4, -0.2) is 47.3 Å². The SMILES string of the molecule is CCOc1ccc(N(CC(=O)N[C@@H]2CC(CC)(CC)Oc3ccccc32)S(=O)(=O)c2ccc(OC)c(OC)c2)cc1. The highest BCUT2D eigenvalue weighted by molar-refractivity contribution is 7.92. The average molecular weight is 583 g/mol. The van der Waals surface area contributed by atoms with Gasteiger partial charge in [-0.05, 0) is 62.2 Å². The van der Waals surface area contributed by atoms with Crippen molar-refractivity contribution in [1.82, 2.24) is 5.32 Å². The van der Waals surface area contributed by atoms with Gasteiger partial charge in [-0.25, -0.2) is 8.42 Å². The standard InChI is InChI=1S/C31H38N2O7S/c1-6-31(7-2)20-26(25-11-9-10-12-27(25)40-31)32-30(34)21-33(22-13-15-23(16-14-22)39-8-3)41(35,36)24-17-18-28(37-4)29(19-24)38-5/h9-19,26H,6-8,20-21H2,1-5H3,(H,32,34)/t26-/m1/s1. The lowest BCUT2D eigenvalue weighted by atomic mass is 9.83. The Bertz CT molecular complexity index is 1450. The van der Waals surface area contributed by atoms with Crippen LogP contribution in [0, 0.1) is 0 Å². The number of para-hydroxylation sites is 1. The van der Waals surface area contributed by atoms with Gasteiger partial charge in [0.05, 0.1) is 37.5 Å². The van der Waals surface area contributed by atoms with Gasteiger partial charge in [-0.1, -0.05) is 32.0 Å². The van der Waals surface area contributed by atoms with Crippen LogP contribution in [-0.2, 0) is 14.8 Å². The number of methoxy groups -OCH3 is 2. The molecule has 1 N–H and O–H groups in total. The number of amides is 1. The van der Waals surface area contributed by atoms with Crippen molar-refractivity contribution in [2.75, 3.05) is 31.7 Å². The summed E-state index contributed by atoms with van der Waals surface area (Å²) < 4.78 is 51.7. The zero-order chi connectivity index (χ0) is 29.6. The quantitative estimate of drug-likeness (QED) is 0.301. The van der Waals surface area contributed by atoms with E-state index in [1.165, 1.54) is 32.4 Å². The number of carbonyl (C=O) groups excluding carboxylic acids is 1. The molecule has 0 aromatic heterocycles. The van der Waals surface area contributed by atoms with E-state index in [0.29, 0.717) is 30.2 Å². The predicted molar refractivity (Wildman–Crippen MR) is 158 cm³/mol. The van der Waals surface area contributed by atoms with E-state index in [1.54, 1.807) is 24.3 Å². The fourth-order valence-electron chi connectivity index (χ4n) is 5.10. The van der Waals surface area contributed by atoms with Gasteiger partial charge in [0.2, 0.25) is 5.91 Å². The number of nitrogens with zero attached hydrogens (tertiary/aromatic N) is 1. The molecule has 0 unspecified atom stereocenters. The summed E-state index contributed by atoms with van der Waals surface area (Å²) in [5, 5.41) is 3.10. The molecule has 0 radical (unpaired) electrons. The summed E-state index contributed by atoms with van der Waals surface area (Å²) in [5.74, 6) is 1.54. The Morgan fingerprint density at radius 3 is 2.29 bits per heavy atom. The summed E-state index contributed by atoms with van der Waals surface area (Å²) in [4.78, 5) is 13.6. The second kappa shape index (κ2) is 12.7. The topological polar surface area (TPSA) is 103 Å². The Hall–Kier alpha value is -3.92. The predicted octanol–water partition coefficient (Wildman–Crippen LogP) is 5.50. The number of carbonyl (C=O) groups is 1. The number of hydrogen-bond donors (Lipinski definition) is 1. The number of anilines is 1. The minimum atomic E-state index is -4.19. The molecule has 3 aromatic carbocycles. The van der Waals surface area contributed by atoms with Gasteiger partial charge in [-0.2, -0.15) is 0 Å². The summed E-state index contributed by atoms with van der Waals surface area (Å²) in [6.07, 6.45) is 2.13. The maximum absolute atomic E-state index is 14.0. The molecule has 0 fully saturated rings. The Labute approximate surface area is 242 Å². The van der Waals surface area contributed by atoms with E-state index in [9.17, 15) is 13.2 Å². The van der Waals surface area contributed by atoms with Crippen molar-refractivity contribution >= 4 is 21.6 Å². The van der Waals surface area contributed by atoms with E-state index >= 15 is 0 Å². The molecule has 1 heterocycles. The molecule has 9 nitrogen and oxygen atoms in total. The first-order chi connectivity index (χ1) is 19.7. The first kappa shape index (κ1) is 30.0. The molecule has 0 spiro atoms. The molecule has 0 bridgehead atoms. The molecule has 3 aromatic rings. The van der Waals surface area contributed by atoms with Crippen LogP contribution in [0.25, 0.3) is 0 Å². The molecule has 1 atom stereocenters. The largest absolute Gasteiger partial charge is 0.494 e. The molecule has 4 rings (SSSR count). The molecule has 1 amide bonds. The smallest absolute Gasteiger partial charge is 0.264 e. The highest BCUT2D eigenvalue weighted by Gasteiger charge is 2.39. The summed E-state index contributed by atoms with van der Waals surface area (Å²) in [6, 6.07) is 18.3. The summed E-state index contributed by atoms with van der Waals surface area (Å²) in [7, 11) is -1.28. The van der Waals surface area contributed by atoms with Gasteiger partial charge < -0.3 is 24.3 Å². The number of benzene rings is 3. The lowest BCUT2D eigenvalue weighted by Gasteiger charge is -2.41. The third kappa shape index (κ3) is 6.37. The van der Waals surface area contributed by atoms with E-state index in [0.717, 1.165) is 28.5 Å². The molecule has 41 heavy (non-hydrogen) atoms. The fourth-order valence-corrected chi connectivity index (χ4v) is 6.53. The Morgan fingerprint density at radius 2 is 1.66 bits per heavy atom. The fraction of sp³-hybridized carbons (Fsp3) is 0.387. The number of nitrogens with one attached hydrogen (secondary N) is 1. The van der Waals surface area contributed by atoms with E-state index in [4.69, 9.17) is 18.9 Å². The molecular weight excluding hydrogens is 544 g/mol. The second-order valence-electron chi connectivity index (χ2n) is 9.81. The van der Waals surface area contributed by atoms with Crippen LogP contribution in [0.2, 0.25) is 0 Å². The zero-order valence-electron chi connectivity index (χ0n) is 24.2.